The molecular weight excluding hydrogens is 192 g/mol. The van der Waals surface area contributed by atoms with Crippen LogP contribution in [0.25, 0.3) is 0 Å². The van der Waals surface area contributed by atoms with E-state index in [9.17, 15) is 4.79 Å². The summed E-state index contributed by atoms with van der Waals surface area (Å²) in [6, 6.07) is 1.80. The number of aryl methyl sites for hydroxylation is 2. The lowest BCUT2D eigenvalue weighted by Crippen LogP contribution is -2.34. The number of Topliss-reactive ketones (excluding diaryl/α,β-unsaturated/α-hetero) is 1. The first-order chi connectivity index (χ1) is 7.03. The lowest BCUT2D eigenvalue weighted by molar-refractivity contribution is 0.0212. The van der Waals surface area contributed by atoms with Crippen molar-refractivity contribution in [1.82, 2.24) is 0 Å². The molecule has 2 rings (SSSR count). The largest absolute Gasteiger partial charge is 0.466 e. The Kier molecular flexibility index (Phi) is 2.43. The number of hydrogen-bond acceptors (Lipinski definition) is 3. The van der Waals surface area contributed by atoms with Gasteiger partial charge in [-0.2, -0.15) is 0 Å². The van der Waals surface area contributed by atoms with Crippen LogP contribution in [0.2, 0.25) is 0 Å². The lowest BCUT2D eigenvalue weighted by Gasteiger charge is -2.20. The number of carbonyl (C=O) groups excluding carboxylic acids is 1. The fourth-order valence-corrected chi connectivity index (χ4v) is 2.10. The van der Waals surface area contributed by atoms with Gasteiger partial charge in [-0.1, -0.05) is 0 Å². The van der Waals surface area contributed by atoms with Crippen LogP contribution in [0.15, 0.2) is 10.5 Å². The molecule has 0 radical (unpaired) electrons. The average molecular weight is 208 g/mol. The molecule has 0 amide bonds. The van der Waals surface area contributed by atoms with Gasteiger partial charge in [-0.25, -0.2) is 0 Å². The fraction of sp³-hybridized carbons (Fsp3) is 0.583. The summed E-state index contributed by atoms with van der Waals surface area (Å²) in [5.41, 5.74) is 0.0260. The van der Waals surface area contributed by atoms with Gasteiger partial charge in [0.2, 0.25) is 0 Å². The monoisotopic (exact) mass is 208 g/mol. The highest BCUT2D eigenvalue weighted by Gasteiger charge is 2.39. The van der Waals surface area contributed by atoms with Crippen LogP contribution in [0.1, 0.15) is 41.6 Å². The molecule has 1 atom stereocenters. The van der Waals surface area contributed by atoms with Gasteiger partial charge in [-0.15, -0.1) is 0 Å². The second-order valence-corrected chi connectivity index (χ2v) is 4.34. The van der Waals surface area contributed by atoms with E-state index in [1.165, 1.54) is 0 Å². The molecule has 3 heteroatoms. The number of ether oxygens (including phenoxy) is 1. The van der Waals surface area contributed by atoms with Gasteiger partial charge in [0.15, 0.2) is 5.78 Å². The summed E-state index contributed by atoms with van der Waals surface area (Å²) >= 11 is 0. The SMILES string of the molecule is Cc1cc(C(=O)C2(C)CCCO2)c(C)o1. The maximum Gasteiger partial charge on any atom is 0.197 e. The number of rotatable bonds is 2. The van der Waals surface area contributed by atoms with E-state index < -0.39 is 5.60 Å². The minimum Gasteiger partial charge on any atom is -0.466 e. The summed E-state index contributed by atoms with van der Waals surface area (Å²) in [6.45, 7) is 6.21. The summed E-state index contributed by atoms with van der Waals surface area (Å²) in [6.07, 6.45) is 1.76. The van der Waals surface area contributed by atoms with Crippen molar-refractivity contribution < 1.29 is 13.9 Å². The molecule has 1 aromatic rings. The van der Waals surface area contributed by atoms with E-state index in [0.717, 1.165) is 18.6 Å². The summed E-state index contributed by atoms with van der Waals surface area (Å²) in [4.78, 5) is 12.2. The summed E-state index contributed by atoms with van der Waals surface area (Å²) in [7, 11) is 0. The molecule has 0 bridgehead atoms. The Labute approximate surface area is 89.4 Å². The first kappa shape index (κ1) is 10.4. The Bertz CT molecular complexity index is 384. The molecule has 82 valence electrons. The number of ketones is 1. The lowest BCUT2D eigenvalue weighted by atomic mass is 9.92. The van der Waals surface area contributed by atoms with Crippen molar-refractivity contribution in [2.24, 2.45) is 0 Å². The Morgan fingerprint density at radius 1 is 1.47 bits per heavy atom. The summed E-state index contributed by atoms with van der Waals surface area (Å²) in [5.74, 6) is 1.51. The second kappa shape index (κ2) is 3.49. The molecule has 1 aliphatic heterocycles. The predicted octanol–water partition coefficient (Wildman–Crippen LogP) is 2.65. The van der Waals surface area contributed by atoms with Crippen molar-refractivity contribution >= 4 is 5.78 Å². The van der Waals surface area contributed by atoms with E-state index >= 15 is 0 Å². The Morgan fingerprint density at radius 3 is 2.67 bits per heavy atom. The normalized spacial score (nSPS) is 25.8. The molecular formula is C12H16O3. The molecule has 0 spiro atoms. The maximum atomic E-state index is 12.2. The van der Waals surface area contributed by atoms with Gasteiger partial charge >= 0.3 is 0 Å². The van der Waals surface area contributed by atoms with Crippen LogP contribution in [-0.2, 0) is 4.74 Å². The number of furan rings is 1. The van der Waals surface area contributed by atoms with Crippen LogP contribution in [0.5, 0.6) is 0 Å². The second-order valence-electron chi connectivity index (χ2n) is 4.34. The van der Waals surface area contributed by atoms with Gasteiger partial charge < -0.3 is 9.15 Å². The van der Waals surface area contributed by atoms with E-state index in [0.29, 0.717) is 17.9 Å². The quantitative estimate of drug-likeness (QED) is 0.701. The standard InChI is InChI=1S/C12H16O3/c1-8-7-10(9(2)15-8)11(13)12(3)5-4-6-14-12/h7H,4-6H2,1-3H3. The third-order valence-electron chi connectivity index (χ3n) is 2.98. The molecule has 1 saturated heterocycles. The Balaban J connectivity index is 2.31. The zero-order valence-corrected chi connectivity index (χ0v) is 9.42. The zero-order valence-electron chi connectivity index (χ0n) is 9.42. The van der Waals surface area contributed by atoms with Crippen molar-refractivity contribution in [3.63, 3.8) is 0 Å². The molecule has 0 N–H and O–H groups in total. The van der Waals surface area contributed by atoms with Gasteiger partial charge in [-0.05, 0) is 39.7 Å². The van der Waals surface area contributed by atoms with Crippen molar-refractivity contribution in [3.8, 4) is 0 Å². The Hall–Kier alpha value is -1.09. The maximum absolute atomic E-state index is 12.2. The molecule has 3 nitrogen and oxygen atoms in total. The van der Waals surface area contributed by atoms with E-state index in [4.69, 9.17) is 9.15 Å². The van der Waals surface area contributed by atoms with Gasteiger partial charge in [0.1, 0.15) is 17.1 Å². The third-order valence-corrected chi connectivity index (χ3v) is 2.98. The summed E-state index contributed by atoms with van der Waals surface area (Å²) in [5, 5.41) is 0. The third kappa shape index (κ3) is 1.72. The smallest absolute Gasteiger partial charge is 0.197 e. The molecule has 1 unspecified atom stereocenters. The van der Waals surface area contributed by atoms with Crippen LogP contribution >= 0.6 is 0 Å². The van der Waals surface area contributed by atoms with Crippen LogP contribution in [0, 0.1) is 13.8 Å². The molecule has 0 aromatic carbocycles. The molecule has 2 heterocycles. The van der Waals surface area contributed by atoms with E-state index in [1.807, 2.05) is 20.8 Å². The van der Waals surface area contributed by atoms with Crippen molar-refractivity contribution in [3.05, 3.63) is 23.2 Å². The first-order valence-corrected chi connectivity index (χ1v) is 5.29. The Morgan fingerprint density at radius 2 is 2.20 bits per heavy atom. The van der Waals surface area contributed by atoms with E-state index in [-0.39, 0.29) is 5.78 Å². The molecule has 1 aromatic heterocycles. The summed E-state index contributed by atoms with van der Waals surface area (Å²) < 4.78 is 10.9. The molecule has 1 aliphatic rings. The van der Waals surface area contributed by atoms with Crippen LogP contribution in [-0.4, -0.2) is 18.0 Å². The topological polar surface area (TPSA) is 39.4 Å². The molecule has 15 heavy (non-hydrogen) atoms. The zero-order chi connectivity index (χ0) is 11.1. The van der Waals surface area contributed by atoms with Crippen LogP contribution < -0.4 is 0 Å². The van der Waals surface area contributed by atoms with E-state index in [2.05, 4.69) is 0 Å². The van der Waals surface area contributed by atoms with E-state index in [1.54, 1.807) is 6.07 Å². The van der Waals surface area contributed by atoms with Crippen LogP contribution in [0.3, 0.4) is 0 Å². The minimum absolute atomic E-state index is 0.0503. The predicted molar refractivity (Wildman–Crippen MR) is 56.1 cm³/mol. The van der Waals surface area contributed by atoms with Gasteiger partial charge in [0, 0.05) is 6.61 Å². The van der Waals surface area contributed by atoms with Crippen LogP contribution in [0.4, 0.5) is 0 Å². The minimum atomic E-state index is -0.638. The molecule has 0 saturated carbocycles. The number of hydrogen-bond donors (Lipinski definition) is 0. The fourth-order valence-electron chi connectivity index (χ4n) is 2.10. The number of carbonyl (C=O) groups is 1. The average Bonchev–Trinajstić information content (AvgIpc) is 2.73. The molecule has 1 fully saturated rings. The molecule has 0 aliphatic carbocycles. The van der Waals surface area contributed by atoms with Crippen molar-refractivity contribution in [2.75, 3.05) is 6.61 Å². The first-order valence-electron chi connectivity index (χ1n) is 5.29. The van der Waals surface area contributed by atoms with Gasteiger partial charge in [0.25, 0.3) is 0 Å². The highest BCUT2D eigenvalue weighted by molar-refractivity contribution is 6.03. The van der Waals surface area contributed by atoms with Gasteiger partial charge in [-0.3, -0.25) is 4.79 Å². The van der Waals surface area contributed by atoms with Gasteiger partial charge in [0.05, 0.1) is 5.56 Å². The van der Waals surface area contributed by atoms with Crippen molar-refractivity contribution in [2.45, 2.75) is 39.2 Å². The van der Waals surface area contributed by atoms with Crippen molar-refractivity contribution in [1.29, 1.82) is 0 Å². The highest BCUT2D eigenvalue weighted by Crippen LogP contribution is 2.30. The highest BCUT2D eigenvalue weighted by atomic mass is 16.5.